The number of anilines is 1. The molecule has 0 spiro atoms. The first-order chi connectivity index (χ1) is 9.58. The highest BCUT2D eigenvalue weighted by atomic mass is 16.6. The van der Waals surface area contributed by atoms with Crippen LogP contribution in [-0.2, 0) is 16.6 Å². The Labute approximate surface area is 127 Å². The fourth-order valence-corrected chi connectivity index (χ4v) is 2.86. The van der Waals surface area contributed by atoms with E-state index in [2.05, 4.69) is 19.9 Å². The van der Waals surface area contributed by atoms with Gasteiger partial charge in [0.05, 0.1) is 0 Å². The monoisotopic (exact) mass is 290 g/mol. The van der Waals surface area contributed by atoms with Crippen molar-refractivity contribution in [1.29, 1.82) is 0 Å². The van der Waals surface area contributed by atoms with Gasteiger partial charge < -0.3 is 15.4 Å². The lowest BCUT2D eigenvalue weighted by Gasteiger charge is -2.32. The van der Waals surface area contributed by atoms with E-state index in [4.69, 9.17) is 10.5 Å². The summed E-state index contributed by atoms with van der Waals surface area (Å²) in [5, 5.41) is 0. The third kappa shape index (κ3) is 3.69. The Morgan fingerprint density at radius 1 is 1.33 bits per heavy atom. The maximum atomic E-state index is 12.4. The smallest absolute Gasteiger partial charge is 0.410 e. The zero-order valence-corrected chi connectivity index (χ0v) is 13.7. The second kappa shape index (κ2) is 5.24. The van der Waals surface area contributed by atoms with Crippen LogP contribution in [0.15, 0.2) is 18.2 Å². The van der Waals surface area contributed by atoms with Gasteiger partial charge in [-0.2, -0.15) is 0 Å². The average Bonchev–Trinajstić information content (AvgIpc) is 2.43. The molecule has 2 N–H and O–H groups in total. The van der Waals surface area contributed by atoms with Crippen molar-refractivity contribution in [3.8, 4) is 0 Å². The number of amides is 1. The molecule has 0 atom stereocenters. The normalized spacial score (nSPS) is 17.9. The largest absolute Gasteiger partial charge is 0.444 e. The predicted molar refractivity (Wildman–Crippen MR) is 85.4 cm³/mol. The molecular formula is C17H26N2O2. The van der Waals surface area contributed by atoms with E-state index >= 15 is 0 Å². The van der Waals surface area contributed by atoms with Crippen molar-refractivity contribution in [3.05, 3.63) is 29.3 Å². The van der Waals surface area contributed by atoms with Gasteiger partial charge in [0.25, 0.3) is 0 Å². The molecule has 1 amide bonds. The number of carbonyl (C=O) groups excluding carboxylic acids is 1. The molecule has 0 bridgehead atoms. The number of hydrogen-bond acceptors (Lipinski definition) is 3. The number of hydrogen-bond donors (Lipinski definition) is 1. The van der Waals surface area contributed by atoms with Gasteiger partial charge in [0.2, 0.25) is 0 Å². The summed E-state index contributed by atoms with van der Waals surface area (Å²) in [7, 11) is 0. The minimum Gasteiger partial charge on any atom is -0.444 e. The number of benzene rings is 1. The van der Waals surface area contributed by atoms with Crippen LogP contribution in [0.1, 0.15) is 45.7 Å². The third-order valence-corrected chi connectivity index (χ3v) is 3.75. The highest BCUT2D eigenvalue weighted by Crippen LogP contribution is 2.32. The van der Waals surface area contributed by atoms with Crippen molar-refractivity contribution in [2.24, 2.45) is 0 Å². The first-order valence-electron chi connectivity index (χ1n) is 7.45. The summed E-state index contributed by atoms with van der Waals surface area (Å²) >= 11 is 0. The number of nitrogens with zero attached hydrogens (tertiary/aromatic N) is 1. The maximum absolute atomic E-state index is 12.4. The van der Waals surface area contributed by atoms with Crippen LogP contribution in [0, 0.1) is 0 Å². The lowest BCUT2D eigenvalue weighted by molar-refractivity contribution is 0.0225. The molecule has 0 unspecified atom stereocenters. The van der Waals surface area contributed by atoms with Gasteiger partial charge in [0.15, 0.2) is 0 Å². The zero-order chi connectivity index (χ0) is 15.8. The van der Waals surface area contributed by atoms with Gasteiger partial charge in [-0.25, -0.2) is 4.79 Å². The Balaban J connectivity index is 2.25. The van der Waals surface area contributed by atoms with Gasteiger partial charge in [-0.15, -0.1) is 0 Å². The molecule has 116 valence electrons. The van der Waals surface area contributed by atoms with E-state index in [1.54, 1.807) is 4.90 Å². The van der Waals surface area contributed by atoms with Crippen LogP contribution in [0.5, 0.6) is 0 Å². The molecule has 4 heteroatoms. The van der Waals surface area contributed by atoms with Gasteiger partial charge in [-0.05, 0) is 50.5 Å². The van der Waals surface area contributed by atoms with Gasteiger partial charge in [0.1, 0.15) is 5.60 Å². The summed E-state index contributed by atoms with van der Waals surface area (Å²) in [5.41, 5.74) is 8.58. The molecule has 0 aliphatic carbocycles. The third-order valence-electron chi connectivity index (χ3n) is 3.75. The van der Waals surface area contributed by atoms with E-state index in [1.165, 1.54) is 11.1 Å². The SMILES string of the molecule is CC(C)(C)OC(=O)N1CCc2cc(N)ccc2C(C)(C)C1. The summed E-state index contributed by atoms with van der Waals surface area (Å²) < 4.78 is 5.51. The van der Waals surface area contributed by atoms with Crippen LogP contribution in [0.2, 0.25) is 0 Å². The van der Waals surface area contributed by atoms with Crippen molar-refractivity contribution in [1.82, 2.24) is 4.90 Å². The molecule has 1 heterocycles. The van der Waals surface area contributed by atoms with Crippen molar-refractivity contribution < 1.29 is 9.53 Å². The number of fused-ring (bicyclic) bond motifs is 1. The lowest BCUT2D eigenvalue weighted by atomic mass is 9.81. The zero-order valence-electron chi connectivity index (χ0n) is 13.7. The standard InChI is InChI=1S/C17H26N2O2/c1-16(2,3)21-15(20)19-9-8-12-10-13(18)6-7-14(12)17(4,5)11-19/h6-7,10H,8-9,11,18H2,1-5H3. The number of carbonyl (C=O) groups is 1. The topological polar surface area (TPSA) is 55.6 Å². The Morgan fingerprint density at radius 3 is 2.62 bits per heavy atom. The molecule has 1 aliphatic heterocycles. The Kier molecular flexibility index (Phi) is 3.91. The Bertz CT molecular complexity index is 544. The molecule has 2 rings (SSSR count). The number of nitrogens with two attached hydrogens (primary N) is 1. The van der Waals surface area contributed by atoms with E-state index in [0.717, 1.165) is 12.1 Å². The quantitative estimate of drug-likeness (QED) is 0.746. The first-order valence-corrected chi connectivity index (χ1v) is 7.45. The van der Waals surface area contributed by atoms with Crippen LogP contribution in [0.25, 0.3) is 0 Å². The van der Waals surface area contributed by atoms with Crippen LogP contribution >= 0.6 is 0 Å². The molecule has 0 fully saturated rings. The second-order valence-corrected chi connectivity index (χ2v) is 7.45. The van der Waals surface area contributed by atoms with Gasteiger partial charge in [-0.3, -0.25) is 0 Å². The minimum absolute atomic E-state index is 0.115. The Morgan fingerprint density at radius 2 is 2.00 bits per heavy atom. The van der Waals surface area contributed by atoms with Crippen molar-refractivity contribution >= 4 is 11.8 Å². The van der Waals surface area contributed by atoms with E-state index in [9.17, 15) is 4.79 Å². The number of rotatable bonds is 0. The van der Waals surface area contributed by atoms with Crippen LogP contribution in [0.3, 0.4) is 0 Å². The molecule has 0 radical (unpaired) electrons. The molecule has 0 saturated heterocycles. The fourth-order valence-electron chi connectivity index (χ4n) is 2.86. The van der Waals surface area contributed by atoms with E-state index in [0.29, 0.717) is 13.1 Å². The molecular weight excluding hydrogens is 264 g/mol. The van der Waals surface area contributed by atoms with Crippen LogP contribution in [0.4, 0.5) is 10.5 Å². The van der Waals surface area contributed by atoms with Gasteiger partial charge >= 0.3 is 6.09 Å². The fraction of sp³-hybridized carbons (Fsp3) is 0.588. The van der Waals surface area contributed by atoms with Gasteiger partial charge in [-0.1, -0.05) is 19.9 Å². The van der Waals surface area contributed by atoms with Gasteiger partial charge in [0, 0.05) is 24.2 Å². The number of ether oxygens (including phenoxy) is 1. The van der Waals surface area contributed by atoms with E-state index < -0.39 is 5.60 Å². The van der Waals surface area contributed by atoms with E-state index in [1.807, 2.05) is 32.9 Å². The average molecular weight is 290 g/mol. The molecule has 21 heavy (non-hydrogen) atoms. The minimum atomic E-state index is -0.467. The summed E-state index contributed by atoms with van der Waals surface area (Å²) in [4.78, 5) is 14.2. The molecule has 1 aliphatic rings. The maximum Gasteiger partial charge on any atom is 0.410 e. The molecule has 4 nitrogen and oxygen atoms in total. The van der Waals surface area contributed by atoms with Crippen molar-refractivity contribution in [3.63, 3.8) is 0 Å². The van der Waals surface area contributed by atoms with E-state index in [-0.39, 0.29) is 11.5 Å². The molecule has 0 saturated carbocycles. The Hall–Kier alpha value is -1.71. The highest BCUT2D eigenvalue weighted by Gasteiger charge is 2.33. The molecule has 0 aromatic heterocycles. The van der Waals surface area contributed by atoms with Crippen molar-refractivity contribution in [2.45, 2.75) is 52.1 Å². The molecule has 1 aromatic carbocycles. The summed E-state index contributed by atoms with van der Waals surface area (Å²) in [6.45, 7) is 11.3. The first kappa shape index (κ1) is 15.7. The van der Waals surface area contributed by atoms with Crippen LogP contribution in [-0.4, -0.2) is 29.7 Å². The highest BCUT2D eigenvalue weighted by molar-refractivity contribution is 5.68. The molecule has 1 aromatic rings. The summed E-state index contributed by atoms with van der Waals surface area (Å²) in [6, 6.07) is 6.04. The summed E-state index contributed by atoms with van der Waals surface area (Å²) in [6.07, 6.45) is 0.569. The number of nitrogen functional groups attached to an aromatic ring is 1. The summed E-state index contributed by atoms with van der Waals surface area (Å²) in [5.74, 6) is 0. The van der Waals surface area contributed by atoms with Crippen molar-refractivity contribution in [2.75, 3.05) is 18.8 Å². The predicted octanol–water partition coefficient (Wildman–Crippen LogP) is 3.34. The lowest BCUT2D eigenvalue weighted by Crippen LogP contribution is -2.42. The van der Waals surface area contributed by atoms with Crippen LogP contribution < -0.4 is 5.73 Å². The second-order valence-electron chi connectivity index (χ2n) is 7.45.